The van der Waals surface area contributed by atoms with E-state index in [2.05, 4.69) is 26.8 Å². The number of allylic oxidation sites excluding steroid dienone is 2. The minimum atomic E-state index is -0.372. The summed E-state index contributed by atoms with van der Waals surface area (Å²) in [5.41, 5.74) is 1.08. The Labute approximate surface area is 155 Å². The third-order valence-electron chi connectivity index (χ3n) is 5.81. The summed E-state index contributed by atoms with van der Waals surface area (Å²) in [6.45, 7) is 10.8. The summed E-state index contributed by atoms with van der Waals surface area (Å²) >= 11 is 0. The molecule has 144 valence electrons. The van der Waals surface area contributed by atoms with Crippen LogP contribution in [0.25, 0.3) is 0 Å². The van der Waals surface area contributed by atoms with Crippen LogP contribution in [0.1, 0.15) is 105 Å². The first-order valence-corrected chi connectivity index (χ1v) is 10.5. The quantitative estimate of drug-likeness (QED) is 0.522. The molecule has 2 heteroatoms. The highest BCUT2D eigenvalue weighted by molar-refractivity contribution is 5.87. The fourth-order valence-corrected chi connectivity index (χ4v) is 4.04. The fraction of sp³-hybridized carbons (Fsp3) is 0.826. The lowest BCUT2D eigenvalue weighted by atomic mass is 9.73. The summed E-state index contributed by atoms with van der Waals surface area (Å²) in [6, 6.07) is 0. The van der Waals surface area contributed by atoms with Gasteiger partial charge in [0.1, 0.15) is 11.6 Å². The summed E-state index contributed by atoms with van der Waals surface area (Å²) in [5.74, 6) is 1.46. The maximum Gasteiger partial charge on any atom is 0.141 e. The lowest BCUT2D eigenvalue weighted by Gasteiger charge is -2.30. The van der Waals surface area contributed by atoms with Gasteiger partial charge in [-0.2, -0.15) is 0 Å². The molecule has 0 spiro atoms. The Morgan fingerprint density at radius 1 is 1.12 bits per heavy atom. The van der Waals surface area contributed by atoms with Crippen LogP contribution in [0.4, 0.5) is 0 Å². The molecule has 2 atom stereocenters. The lowest BCUT2D eigenvalue weighted by molar-refractivity contribution is -0.133. The number of hydrogen-bond donors (Lipinski definition) is 0. The molecule has 2 nitrogen and oxygen atoms in total. The van der Waals surface area contributed by atoms with Gasteiger partial charge in [0.2, 0.25) is 0 Å². The molecule has 0 bridgehead atoms. The number of carbonyl (C=O) groups excluding carboxylic acids is 2. The maximum atomic E-state index is 13.1. The molecule has 0 heterocycles. The number of Topliss-reactive ketones (excluding diaryl/α,β-unsaturated/α-hetero) is 2. The SMILES string of the molecule is CCCC1CC(C)CCCC(C)=CCCCC(=O)CCC(C)(C)C1=O. The second-order valence-electron chi connectivity index (χ2n) is 8.95. The van der Waals surface area contributed by atoms with Crippen LogP contribution in [0.2, 0.25) is 0 Å². The van der Waals surface area contributed by atoms with Gasteiger partial charge < -0.3 is 0 Å². The Balaban J connectivity index is 2.86. The average Bonchev–Trinajstić information content (AvgIpc) is 2.55. The van der Waals surface area contributed by atoms with Crippen molar-refractivity contribution < 1.29 is 9.59 Å². The molecule has 1 aliphatic rings. The average molecular weight is 349 g/mol. The van der Waals surface area contributed by atoms with Crippen molar-refractivity contribution in [3.05, 3.63) is 11.6 Å². The van der Waals surface area contributed by atoms with Crippen molar-refractivity contribution in [2.24, 2.45) is 17.3 Å². The molecule has 0 radical (unpaired) electrons. The standard InChI is InChI=1S/C23H40O2/c1-6-10-20-17-19(3)13-9-12-18(2)11-7-8-14-21(24)15-16-23(4,5)22(20)25/h11,19-20H,6-10,12-17H2,1-5H3. The largest absolute Gasteiger partial charge is 0.300 e. The van der Waals surface area contributed by atoms with Crippen LogP contribution in [0.5, 0.6) is 0 Å². The first-order chi connectivity index (χ1) is 11.8. The minimum Gasteiger partial charge on any atom is -0.300 e. The van der Waals surface area contributed by atoms with Crippen molar-refractivity contribution in [2.45, 2.75) is 105 Å². The maximum absolute atomic E-state index is 13.1. The molecular formula is C23H40O2. The van der Waals surface area contributed by atoms with Gasteiger partial charge in [-0.1, -0.05) is 52.2 Å². The number of rotatable bonds is 2. The predicted octanol–water partition coefficient (Wildman–Crippen LogP) is 6.67. The topological polar surface area (TPSA) is 34.1 Å². The van der Waals surface area contributed by atoms with Crippen molar-refractivity contribution in [2.75, 3.05) is 0 Å². The van der Waals surface area contributed by atoms with Crippen LogP contribution in [0.15, 0.2) is 11.6 Å². The van der Waals surface area contributed by atoms with Crippen LogP contribution < -0.4 is 0 Å². The summed E-state index contributed by atoms with van der Waals surface area (Å²) in [7, 11) is 0. The molecule has 2 unspecified atom stereocenters. The van der Waals surface area contributed by atoms with E-state index >= 15 is 0 Å². The molecule has 0 saturated heterocycles. The second kappa shape index (κ2) is 10.9. The summed E-state index contributed by atoms with van der Waals surface area (Å²) in [6.07, 6.45) is 12.8. The Kier molecular flexibility index (Phi) is 9.67. The van der Waals surface area contributed by atoms with Crippen LogP contribution in [-0.2, 0) is 9.59 Å². The molecule has 0 N–H and O–H groups in total. The van der Waals surface area contributed by atoms with Crippen LogP contribution in [0.3, 0.4) is 0 Å². The zero-order chi connectivity index (χ0) is 18.9. The van der Waals surface area contributed by atoms with E-state index in [0.29, 0.717) is 36.7 Å². The van der Waals surface area contributed by atoms with Crippen LogP contribution in [0, 0.1) is 17.3 Å². The molecule has 0 aromatic rings. The van der Waals surface area contributed by atoms with E-state index in [-0.39, 0.29) is 11.3 Å². The minimum absolute atomic E-state index is 0.162. The smallest absolute Gasteiger partial charge is 0.141 e. The van der Waals surface area contributed by atoms with Crippen molar-refractivity contribution in [3.8, 4) is 0 Å². The van der Waals surface area contributed by atoms with E-state index in [1.165, 1.54) is 18.4 Å². The third kappa shape index (κ3) is 8.33. The first-order valence-electron chi connectivity index (χ1n) is 10.5. The van der Waals surface area contributed by atoms with E-state index in [1.807, 2.05) is 13.8 Å². The molecule has 0 aromatic heterocycles. The van der Waals surface area contributed by atoms with Gasteiger partial charge in [0.15, 0.2) is 0 Å². The predicted molar refractivity (Wildman–Crippen MR) is 107 cm³/mol. The summed E-state index contributed by atoms with van der Waals surface area (Å²) in [4.78, 5) is 25.3. The van der Waals surface area contributed by atoms with E-state index in [0.717, 1.165) is 38.5 Å². The molecule has 0 fully saturated rings. The van der Waals surface area contributed by atoms with Crippen molar-refractivity contribution in [1.29, 1.82) is 0 Å². The Morgan fingerprint density at radius 3 is 2.52 bits per heavy atom. The Morgan fingerprint density at radius 2 is 1.84 bits per heavy atom. The lowest BCUT2D eigenvalue weighted by Crippen LogP contribution is -2.32. The molecule has 1 rings (SSSR count). The highest BCUT2D eigenvalue weighted by Crippen LogP contribution is 2.33. The molecular weight excluding hydrogens is 308 g/mol. The number of hydrogen-bond acceptors (Lipinski definition) is 2. The molecule has 0 aromatic carbocycles. The zero-order valence-electron chi connectivity index (χ0n) is 17.3. The Bertz CT molecular complexity index is 459. The number of ketones is 2. The van der Waals surface area contributed by atoms with Gasteiger partial charge in [-0.15, -0.1) is 0 Å². The summed E-state index contributed by atoms with van der Waals surface area (Å²) < 4.78 is 0. The molecule has 1 aliphatic carbocycles. The van der Waals surface area contributed by atoms with Gasteiger partial charge in [0.25, 0.3) is 0 Å². The first kappa shape index (κ1) is 22.1. The van der Waals surface area contributed by atoms with E-state index in [1.54, 1.807) is 0 Å². The van der Waals surface area contributed by atoms with Crippen molar-refractivity contribution in [3.63, 3.8) is 0 Å². The van der Waals surface area contributed by atoms with E-state index < -0.39 is 0 Å². The highest BCUT2D eigenvalue weighted by Gasteiger charge is 2.33. The highest BCUT2D eigenvalue weighted by atomic mass is 16.1. The van der Waals surface area contributed by atoms with Gasteiger partial charge >= 0.3 is 0 Å². The van der Waals surface area contributed by atoms with Gasteiger partial charge in [-0.05, 0) is 57.8 Å². The molecule has 0 saturated carbocycles. The van der Waals surface area contributed by atoms with Gasteiger partial charge in [-0.3, -0.25) is 9.59 Å². The number of carbonyl (C=O) groups is 2. The van der Waals surface area contributed by atoms with Gasteiger partial charge in [0, 0.05) is 24.2 Å². The van der Waals surface area contributed by atoms with Crippen molar-refractivity contribution >= 4 is 11.6 Å². The van der Waals surface area contributed by atoms with Gasteiger partial charge in [-0.25, -0.2) is 0 Å². The molecule has 0 aliphatic heterocycles. The molecule has 0 amide bonds. The van der Waals surface area contributed by atoms with Crippen LogP contribution >= 0.6 is 0 Å². The third-order valence-corrected chi connectivity index (χ3v) is 5.81. The normalized spacial score (nSPS) is 27.8. The Hall–Kier alpha value is -0.920. The van der Waals surface area contributed by atoms with Gasteiger partial charge in [0.05, 0.1) is 0 Å². The second-order valence-corrected chi connectivity index (χ2v) is 8.95. The van der Waals surface area contributed by atoms with E-state index in [4.69, 9.17) is 0 Å². The van der Waals surface area contributed by atoms with E-state index in [9.17, 15) is 9.59 Å². The summed E-state index contributed by atoms with van der Waals surface area (Å²) in [5, 5.41) is 0. The van der Waals surface area contributed by atoms with Crippen molar-refractivity contribution in [1.82, 2.24) is 0 Å². The monoisotopic (exact) mass is 348 g/mol. The zero-order valence-corrected chi connectivity index (χ0v) is 17.3. The van der Waals surface area contributed by atoms with Crippen LogP contribution in [-0.4, -0.2) is 11.6 Å². The fourth-order valence-electron chi connectivity index (χ4n) is 4.04. The molecule has 25 heavy (non-hydrogen) atoms.